The Kier molecular flexibility index (Phi) is 4.89. The number of amides is 1. The maximum absolute atomic E-state index is 12.1. The van der Waals surface area contributed by atoms with Gasteiger partial charge < -0.3 is 15.0 Å². The Morgan fingerprint density at radius 2 is 2.25 bits per heavy atom. The van der Waals surface area contributed by atoms with E-state index in [1.54, 1.807) is 20.2 Å². The number of rotatable bonds is 4. The van der Waals surface area contributed by atoms with Gasteiger partial charge in [0.1, 0.15) is 0 Å². The number of carbonyl (C=O) groups excluding carboxylic acids is 1. The molecule has 1 fully saturated rings. The van der Waals surface area contributed by atoms with Gasteiger partial charge in [-0.1, -0.05) is 11.6 Å². The maximum atomic E-state index is 12.1. The summed E-state index contributed by atoms with van der Waals surface area (Å²) in [5, 5.41) is 3.91. The fourth-order valence-corrected chi connectivity index (χ4v) is 2.55. The number of nitrogens with one attached hydrogen (secondary N) is 1. The molecule has 1 aliphatic rings. The van der Waals surface area contributed by atoms with Crippen LogP contribution in [0.25, 0.3) is 0 Å². The van der Waals surface area contributed by atoms with Gasteiger partial charge in [-0.15, -0.1) is 0 Å². The number of ether oxygens (including phenoxy) is 1. The highest BCUT2D eigenvalue weighted by atomic mass is 35.5. The second kappa shape index (κ2) is 6.46. The van der Waals surface area contributed by atoms with E-state index >= 15 is 0 Å². The molecule has 1 amide bonds. The lowest BCUT2D eigenvalue weighted by Crippen LogP contribution is -2.26. The van der Waals surface area contributed by atoms with E-state index in [-0.39, 0.29) is 5.91 Å². The molecule has 0 aliphatic carbocycles. The number of nitrogens with zero attached hydrogens (tertiary/aromatic N) is 1. The molecule has 0 radical (unpaired) electrons. The van der Waals surface area contributed by atoms with Crippen molar-refractivity contribution < 1.29 is 9.53 Å². The van der Waals surface area contributed by atoms with Crippen LogP contribution in [0, 0.1) is 5.92 Å². The van der Waals surface area contributed by atoms with Gasteiger partial charge in [0.2, 0.25) is 0 Å². The van der Waals surface area contributed by atoms with Crippen molar-refractivity contribution >= 4 is 23.2 Å². The summed E-state index contributed by atoms with van der Waals surface area (Å²) in [5.41, 5.74) is 1.44. The predicted octanol–water partition coefficient (Wildman–Crippen LogP) is 2.88. The normalized spacial score (nSPS) is 19.7. The van der Waals surface area contributed by atoms with E-state index in [2.05, 4.69) is 12.2 Å². The highest BCUT2D eigenvalue weighted by Crippen LogP contribution is 2.24. The van der Waals surface area contributed by atoms with Gasteiger partial charge in [-0.2, -0.15) is 0 Å². The minimum atomic E-state index is -0.0875. The average molecular weight is 297 g/mol. The van der Waals surface area contributed by atoms with Crippen molar-refractivity contribution in [2.75, 3.05) is 32.6 Å². The summed E-state index contributed by atoms with van der Waals surface area (Å²) in [5.74, 6) is 0.425. The van der Waals surface area contributed by atoms with Crippen LogP contribution in [0.15, 0.2) is 18.2 Å². The molecule has 1 aromatic carbocycles. The van der Waals surface area contributed by atoms with E-state index in [1.165, 1.54) is 4.90 Å². The molecule has 2 rings (SSSR count). The molecule has 4 nitrogen and oxygen atoms in total. The third-order valence-corrected chi connectivity index (χ3v) is 4.00. The molecule has 2 unspecified atom stereocenters. The highest BCUT2D eigenvalue weighted by Gasteiger charge is 2.22. The summed E-state index contributed by atoms with van der Waals surface area (Å²) in [6.07, 6.45) is 1.07. The number of anilines is 1. The summed E-state index contributed by atoms with van der Waals surface area (Å²) in [7, 11) is 3.44. The predicted molar refractivity (Wildman–Crippen MR) is 81.5 cm³/mol. The number of halogens is 1. The van der Waals surface area contributed by atoms with Crippen molar-refractivity contribution in [1.82, 2.24) is 4.90 Å². The fourth-order valence-electron chi connectivity index (χ4n) is 2.35. The Balaban J connectivity index is 2.12. The van der Waals surface area contributed by atoms with E-state index in [0.29, 0.717) is 22.5 Å². The van der Waals surface area contributed by atoms with Crippen molar-refractivity contribution in [3.05, 3.63) is 28.8 Å². The average Bonchev–Trinajstić information content (AvgIpc) is 2.94. The summed E-state index contributed by atoms with van der Waals surface area (Å²) >= 11 is 6.10. The largest absolute Gasteiger partial charge is 0.382 e. The highest BCUT2D eigenvalue weighted by molar-refractivity contribution is 6.34. The zero-order valence-electron chi connectivity index (χ0n) is 12.1. The summed E-state index contributed by atoms with van der Waals surface area (Å²) in [4.78, 5) is 13.6. The van der Waals surface area contributed by atoms with Crippen LogP contribution in [-0.2, 0) is 4.74 Å². The second-order valence-corrected chi connectivity index (χ2v) is 5.86. The molecule has 110 valence electrons. The zero-order chi connectivity index (χ0) is 14.7. The molecule has 0 saturated carbocycles. The lowest BCUT2D eigenvalue weighted by molar-refractivity contribution is 0.0828. The molecule has 1 N–H and O–H groups in total. The van der Waals surface area contributed by atoms with E-state index in [0.717, 1.165) is 25.3 Å². The van der Waals surface area contributed by atoms with Crippen LogP contribution in [0.2, 0.25) is 5.02 Å². The van der Waals surface area contributed by atoms with Crippen LogP contribution in [0.5, 0.6) is 0 Å². The van der Waals surface area contributed by atoms with Crippen LogP contribution < -0.4 is 5.32 Å². The molecule has 0 aromatic heterocycles. The third-order valence-electron chi connectivity index (χ3n) is 3.67. The topological polar surface area (TPSA) is 41.6 Å². The van der Waals surface area contributed by atoms with Crippen molar-refractivity contribution in [3.63, 3.8) is 0 Å². The number of carbonyl (C=O) groups is 1. The first-order valence-electron chi connectivity index (χ1n) is 6.84. The Labute approximate surface area is 125 Å². The molecule has 1 heterocycles. The summed E-state index contributed by atoms with van der Waals surface area (Å²) < 4.78 is 5.41. The lowest BCUT2D eigenvalue weighted by Gasteiger charge is -2.21. The van der Waals surface area contributed by atoms with Gasteiger partial charge in [0.25, 0.3) is 5.91 Å². The smallest absolute Gasteiger partial charge is 0.254 e. The molecular weight excluding hydrogens is 276 g/mol. The van der Waals surface area contributed by atoms with Crippen LogP contribution in [0.1, 0.15) is 23.7 Å². The Bertz CT molecular complexity index is 485. The molecule has 0 spiro atoms. The van der Waals surface area contributed by atoms with Gasteiger partial charge in [0.05, 0.1) is 17.2 Å². The van der Waals surface area contributed by atoms with Gasteiger partial charge in [-0.25, -0.2) is 0 Å². The monoisotopic (exact) mass is 296 g/mol. The van der Waals surface area contributed by atoms with Gasteiger partial charge in [0, 0.05) is 38.3 Å². The summed E-state index contributed by atoms with van der Waals surface area (Å²) in [6.45, 7) is 3.77. The first kappa shape index (κ1) is 15.1. The van der Waals surface area contributed by atoms with Crippen molar-refractivity contribution in [2.24, 2.45) is 5.92 Å². The molecule has 1 saturated heterocycles. The van der Waals surface area contributed by atoms with E-state index in [4.69, 9.17) is 16.3 Å². The molecule has 0 bridgehead atoms. The van der Waals surface area contributed by atoms with Crippen LogP contribution in [-0.4, -0.2) is 44.2 Å². The number of hydrogen-bond acceptors (Lipinski definition) is 3. The van der Waals surface area contributed by atoms with Crippen molar-refractivity contribution in [2.45, 2.75) is 19.4 Å². The minimum Gasteiger partial charge on any atom is -0.382 e. The van der Waals surface area contributed by atoms with Crippen LogP contribution in [0.4, 0.5) is 5.69 Å². The molecule has 5 heteroatoms. The maximum Gasteiger partial charge on any atom is 0.254 e. The van der Waals surface area contributed by atoms with Crippen LogP contribution >= 0.6 is 11.6 Å². The Morgan fingerprint density at radius 1 is 1.50 bits per heavy atom. The van der Waals surface area contributed by atoms with Gasteiger partial charge in [-0.05, 0) is 31.5 Å². The Morgan fingerprint density at radius 3 is 2.85 bits per heavy atom. The first-order valence-corrected chi connectivity index (χ1v) is 7.22. The lowest BCUT2D eigenvalue weighted by atomic mass is 10.0. The molecule has 1 aliphatic heterocycles. The summed E-state index contributed by atoms with van der Waals surface area (Å²) in [6, 6.07) is 5.79. The Hall–Kier alpha value is -1.26. The van der Waals surface area contributed by atoms with Crippen molar-refractivity contribution in [3.8, 4) is 0 Å². The zero-order valence-corrected chi connectivity index (χ0v) is 12.9. The molecular formula is C15H21ClN2O2. The van der Waals surface area contributed by atoms with E-state index < -0.39 is 0 Å². The molecule has 2 atom stereocenters. The van der Waals surface area contributed by atoms with Crippen LogP contribution in [0.3, 0.4) is 0 Å². The quantitative estimate of drug-likeness (QED) is 0.929. The second-order valence-electron chi connectivity index (χ2n) is 5.45. The first-order chi connectivity index (χ1) is 9.49. The number of benzene rings is 1. The van der Waals surface area contributed by atoms with Crippen molar-refractivity contribution in [1.29, 1.82) is 0 Å². The van der Waals surface area contributed by atoms with E-state index in [9.17, 15) is 4.79 Å². The number of hydrogen-bond donors (Lipinski definition) is 1. The van der Waals surface area contributed by atoms with Gasteiger partial charge >= 0.3 is 0 Å². The molecule has 20 heavy (non-hydrogen) atoms. The van der Waals surface area contributed by atoms with E-state index in [1.807, 2.05) is 12.1 Å². The standard InChI is InChI=1S/C15H21ClN2O2/c1-10(11-6-7-20-9-11)17-12-4-5-14(16)13(8-12)15(19)18(2)3/h4-5,8,10-11,17H,6-7,9H2,1-3H3. The van der Waals surface area contributed by atoms with Gasteiger partial charge in [0.15, 0.2) is 0 Å². The third kappa shape index (κ3) is 3.44. The SMILES string of the molecule is CC(Nc1ccc(Cl)c(C(=O)N(C)C)c1)C1CCOC1. The fraction of sp³-hybridized carbons (Fsp3) is 0.533. The van der Waals surface area contributed by atoms with Gasteiger partial charge in [-0.3, -0.25) is 4.79 Å². The molecule has 1 aromatic rings. The minimum absolute atomic E-state index is 0.0875.